The SMILES string of the molecule is CC1CN(C(=O)CSc2nc(Cl)cc(N3CCN(C(=O)c4ccccc4Cl)C(C)C3)n2)CC(C)O1. The summed E-state index contributed by atoms with van der Waals surface area (Å²) in [7, 11) is 0. The van der Waals surface area contributed by atoms with Crippen LogP contribution in [0.25, 0.3) is 0 Å². The summed E-state index contributed by atoms with van der Waals surface area (Å²) in [5.74, 6) is 0.869. The highest BCUT2D eigenvalue weighted by atomic mass is 35.5. The van der Waals surface area contributed by atoms with Crippen LogP contribution in [0.2, 0.25) is 10.2 Å². The third-order valence-corrected chi connectivity index (χ3v) is 7.43. The molecule has 188 valence electrons. The number of hydrogen-bond acceptors (Lipinski definition) is 7. The average Bonchev–Trinajstić information content (AvgIpc) is 2.81. The van der Waals surface area contributed by atoms with Gasteiger partial charge in [0.2, 0.25) is 5.91 Å². The number of piperazine rings is 1. The molecule has 3 unspecified atom stereocenters. The second-order valence-corrected chi connectivity index (χ2v) is 10.7. The summed E-state index contributed by atoms with van der Waals surface area (Å²) in [6.07, 6.45) is 0.0411. The molecule has 2 amide bonds. The number of carbonyl (C=O) groups excluding carboxylic acids is 2. The number of benzene rings is 1. The summed E-state index contributed by atoms with van der Waals surface area (Å²) < 4.78 is 5.71. The minimum atomic E-state index is -0.0787. The van der Waals surface area contributed by atoms with Crippen LogP contribution in [0.5, 0.6) is 0 Å². The van der Waals surface area contributed by atoms with E-state index in [9.17, 15) is 9.59 Å². The minimum absolute atomic E-state index is 0.0205. The highest BCUT2D eigenvalue weighted by Gasteiger charge is 2.30. The van der Waals surface area contributed by atoms with E-state index < -0.39 is 0 Å². The fourth-order valence-electron chi connectivity index (χ4n) is 4.47. The van der Waals surface area contributed by atoms with Gasteiger partial charge in [0, 0.05) is 44.8 Å². The van der Waals surface area contributed by atoms with E-state index in [1.54, 1.807) is 18.2 Å². The number of thioether (sulfide) groups is 1. The standard InChI is InChI=1S/C24H29Cl2N5O3S/c1-15-11-29(8-9-31(15)23(33)18-6-4-5-7-19(18)25)21-10-20(26)27-24(28-21)35-14-22(32)30-12-16(2)34-17(3)13-30/h4-7,10,15-17H,8-9,11-14H2,1-3H3. The third-order valence-electron chi connectivity index (χ3n) is 6.07. The van der Waals surface area contributed by atoms with Crippen molar-refractivity contribution in [1.29, 1.82) is 0 Å². The lowest BCUT2D eigenvalue weighted by atomic mass is 10.1. The van der Waals surface area contributed by atoms with Gasteiger partial charge in [0.1, 0.15) is 11.0 Å². The van der Waals surface area contributed by atoms with Crippen molar-refractivity contribution in [2.24, 2.45) is 0 Å². The molecule has 3 atom stereocenters. The van der Waals surface area contributed by atoms with Gasteiger partial charge in [-0.25, -0.2) is 9.97 Å². The number of hydrogen-bond donors (Lipinski definition) is 0. The number of aromatic nitrogens is 2. The third kappa shape index (κ3) is 6.39. The maximum atomic E-state index is 13.0. The first kappa shape index (κ1) is 26.0. The van der Waals surface area contributed by atoms with E-state index >= 15 is 0 Å². The van der Waals surface area contributed by atoms with E-state index in [-0.39, 0.29) is 35.8 Å². The van der Waals surface area contributed by atoms with E-state index in [1.165, 1.54) is 11.8 Å². The number of anilines is 1. The van der Waals surface area contributed by atoms with E-state index in [0.717, 1.165) is 0 Å². The summed E-state index contributed by atoms with van der Waals surface area (Å²) >= 11 is 13.8. The van der Waals surface area contributed by atoms with Crippen molar-refractivity contribution in [1.82, 2.24) is 19.8 Å². The second kappa shape index (κ2) is 11.3. The molecule has 0 N–H and O–H groups in total. The van der Waals surface area contributed by atoms with Crippen LogP contribution in [0.1, 0.15) is 31.1 Å². The molecule has 0 aliphatic carbocycles. The summed E-state index contributed by atoms with van der Waals surface area (Å²) in [5.41, 5.74) is 0.506. The predicted octanol–water partition coefficient (Wildman–Crippen LogP) is 3.86. The zero-order valence-electron chi connectivity index (χ0n) is 20.0. The Balaban J connectivity index is 1.39. The molecule has 0 spiro atoms. The Morgan fingerprint density at radius 1 is 1.06 bits per heavy atom. The van der Waals surface area contributed by atoms with Gasteiger partial charge in [-0.15, -0.1) is 0 Å². The van der Waals surface area contributed by atoms with Crippen LogP contribution in [0.15, 0.2) is 35.5 Å². The van der Waals surface area contributed by atoms with Gasteiger partial charge in [-0.05, 0) is 32.9 Å². The van der Waals surface area contributed by atoms with Crippen LogP contribution < -0.4 is 4.90 Å². The van der Waals surface area contributed by atoms with Crippen molar-refractivity contribution in [3.05, 3.63) is 46.1 Å². The summed E-state index contributed by atoms with van der Waals surface area (Å²) in [5, 5.41) is 1.23. The van der Waals surface area contributed by atoms with E-state index in [0.29, 0.717) is 59.4 Å². The highest BCUT2D eigenvalue weighted by Crippen LogP contribution is 2.26. The summed E-state index contributed by atoms with van der Waals surface area (Å²) in [6, 6.07) is 8.76. The van der Waals surface area contributed by atoms with Crippen molar-refractivity contribution in [3.8, 4) is 0 Å². The van der Waals surface area contributed by atoms with Crippen LogP contribution in [-0.4, -0.2) is 88.3 Å². The minimum Gasteiger partial charge on any atom is -0.372 e. The van der Waals surface area contributed by atoms with Crippen molar-refractivity contribution in [3.63, 3.8) is 0 Å². The summed E-state index contributed by atoms with van der Waals surface area (Å²) in [6.45, 7) is 8.83. The van der Waals surface area contributed by atoms with Crippen molar-refractivity contribution < 1.29 is 14.3 Å². The number of morpholine rings is 1. The van der Waals surface area contributed by atoms with Gasteiger partial charge < -0.3 is 19.4 Å². The zero-order chi connectivity index (χ0) is 25.1. The van der Waals surface area contributed by atoms with Gasteiger partial charge in [-0.2, -0.15) is 0 Å². The van der Waals surface area contributed by atoms with Crippen LogP contribution in [0, 0.1) is 0 Å². The molecule has 2 saturated heterocycles. The fraction of sp³-hybridized carbons (Fsp3) is 0.500. The van der Waals surface area contributed by atoms with Gasteiger partial charge in [0.15, 0.2) is 5.16 Å². The van der Waals surface area contributed by atoms with Gasteiger partial charge in [0.25, 0.3) is 5.91 Å². The van der Waals surface area contributed by atoms with Crippen molar-refractivity contribution in [2.75, 3.05) is 43.4 Å². The largest absolute Gasteiger partial charge is 0.372 e. The lowest BCUT2D eigenvalue weighted by molar-refractivity contribution is -0.140. The number of halogens is 2. The molecule has 11 heteroatoms. The molecular weight excluding hydrogens is 509 g/mol. The highest BCUT2D eigenvalue weighted by molar-refractivity contribution is 7.99. The molecule has 0 bridgehead atoms. The number of amides is 2. The Morgan fingerprint density at radius 3 is 2.46 bits per heavy atom. The Bertz CT molecular complexity index is 1080. The fourth-order valence-corrected chi connectivity index (χ4v) is 5.67. The number of nitrogens with zero attached hydrogens (tertiary/aromatic N) is 5. The first-order valence-corrected chi connectivity index (χ1v) is 13.4. The predicted molar refractivity (Wildman–Crippen MR) is 139 cm³/mol. The smallest absolute Gasteiger partial charge is 0.255 e. The molecule has 2 fully saturated rings. The van der Waals surface area contributed by atoms with Gasteiger partial charge in [0.05, 0.1) is 28.5 Å². The zero-order valence-corrected chi connectivity index (χ0v) is 22.3. The molecule has 3 heterocycles. The molecule has 4 rings (SSSR count). The normalized spacial score (nSPS) is 22.9. The lowest BCUT2D eigenvalue weighted by Gasteiger charge is -2.40. The average molecular weight is 539 g/mol. The summed E-state index contributed by atoms with van der Waals surface area (Å²) in [4.78, 5) is 40.5. The van der Waals surface area contributed by atoms with E-state index in [4.69, 9.17) is 27.9 Å². The molecule has 1 aromatic heterocycles. The molecule has 0 radical (unpaired) electrons. The lowest BCUT2D eigenvalue weighted by Crippen LogP contribution is -2.54. The molecule has 8 nitrogen and oxygen atoms in total. The first-order valence-electron chi connectivity index (χ1n) is 11.6. The molecule has 2 aliphatic rings. The molecule has 1 aromatic carbocycles. The first-order chi connectivity index (χ1) is 16.7. The van der Waals surface area contributed by atoms with Gasteiger partial charge >= 0.3 is 0 Å². The number of rotatable bonds is 5. The molecular formula is C24H29Cl2N5O3S. The van der Waals surface area contributed by atoms with E-state index in [1.807, 2.05) is 42.7 Å². The molecule has 35 heavy (non-hydrogen) atoms. The van der Waals surface area contributed by atoms with Gasteiger partial charge in [-0.3, -0.25) is 9.59 Å². The van der Waals surface area contributed by atoms with Crippen molar-refractivity contribution >= 4 is 52.6 Å². The Kier molecular flexibility index (Phi) is 8.42. The Hall–Kier alpha value is -2.07. The second-order valence-electron chi connectivity index (χ2n) is 8.95. The topological polar surface area (TPSA) is 78.9 Å². The van der Waals surface area contributed by atoms with Crippen molar-refractivity contribution in [2.45, 2.75) is 44.2 Å². The van der Waals surface area contributed by atoms with Crippen LogP contribution in [0.4, 0.5) is 5.82 Å². The van der Waals surface area contributed by atoms with Crippen LogP contribution in [0.3, 0.4) is 0 Å². The van der Waals surface area contributed by atoms with E-state index in [2.05, 4.69) is 14.9 Å². The maximum absolute atomic E-state index is 13.0. The quantitative estimate of drug-likeness (QED) is 0.325. The molecule has 2 aromatic rings. The van der Waals surface area contributed by atoms with Crippen LogP contribution >= 0.6 is 35.0 Å². The van der Waals surface area contributed by atoms with Crippen LogP contribution in [-0.2, 0) is 9.53 Å². The Morgan fingerprint density at radius 2 is 1.77 bits per heavy atom. The Labute approximate surface area is 219 Å². The van der Waals surface area contributed by atoms with Gasteiger partial charge in [-0.1, -0.05) is 47.1 Å². The molecule has 2 aliphatic heterocycles. The monoisotopic (exact) mass is 537 g/mol. The number of ether oxygens (including phenoxy) is 1. The maximum Gasteiger partial charge on any atom is 0.255 e. The molecule has 0 saturated carbocycles. The number of carbonyl (C=O) groups is 2.